The van der Waals surface area contributed by atoms with Crippen molar-refractivity contribution in [3.05, 3.63) is 98.8 Å². The van der Waals surface area contributed by atoms with Crippen LogP contribution in [0.5, 0.6) is 5.75 Å². The topological polar surface area (TPSA) is 55.6 Å². The number of halogens is 3. The fourth-order valence-electron chi connectivity index (χ4n) is 5.15. The first kappa shape index (κ1) is 28.8. The van der Waals surface area contributed by atoms with Crippen molar-refractivity contribution in [1.29, 1.82) is 0 Å². The molecule has 2 fully saturated rings. The summed E-state index contributed by atoms with van der Waals surface area (Å²) in [4.78, 5) is 14.0. The molecule has 3 aromatic rings. The molecule has 0 aromatic heterocycles. The van der Waals surface area contributed by atoms with E-state index in [-0.39, 0.29) is 11.6 Å². The monoisotopic (exact) mass is 574 g/mol. The van der Waals surface area contributed by atoms with Gasteiger partial charge in [0.05, 0.1) is 18.2 Å². The van der Waals surface area contributed by atoms with Gasteiger partial charge in [-0.2, -0.15) is 12.6 Å². The predicted molar refractivity (Wildman–Crippen MR) is 156 cm³/mol. The Morgan fingerprint density at radius 1 is 1.00 bits per heavy atom. The predicted octanol–water partition coefficient (Wildman–Crippen LogP) is 7.54. The Morgan fingerprint density at radius 2 is 1.58 bits per heavy atom. The molecular formula is C30H33Cl2FN2O2S. The van der Waals surface area contributed by atoms with Crippen molar-refractivity contribution in [3.8, 4) is 5.75 Å². The van der Waals surface area contributed by atoms with Crippen LogP contribution < -0.4 is 10.5 Å². The zero-order valence-corrected chi connectivity index (χ0v) is 23.8. The molecule has 0 atom stereocenters. The lowest BCUT2D eigenvalue weighted by Gasteiger charge is -2.38. The average Bonchev–Trinajstić information content (AvgIpc) is 3.75. The van der Waals surface area contributed by atoms with E-state index in [4.69, 9.17) is 33.7 Å². The van der Waals surface area contributed by atoms with E-state index in [0.29, 0.717) is 34.2 Å². The molecule has 5 rings (SSSR count). The van der Waals surface area contributed by atoms with Gasteiger partial charge in [0, 0.05) is 16.1 Å². The molecule has 2 aliphatic rings. The number of hydrogen-bond acceptors (Lipinski definition) is 4. The molecule has 1 aliphatic heterocycles. The van der Waals surface area contributed by atoms with Crippen LogP contribution in [0.4, 0.5) is 4.39 Å². The van der Waals surface area contributed by atoms with E-state index in [0.717, 1.165) is 55.5 Å². The number of thiol groups is 1. The van der Waals surface area contributed by atoms with E-state index >= 15 is 0 Å². The number of carbonyl (C=O) groups is 1. The van der Waals surface area contributed by atoms with Crippen LogP contribution in [0.2, 0.25) is 10.0 Å². The molecule has 0 unspecified atom stereocenters. The Hall–Kier alpha value is -2.25. The summed E-state index contributed by atoms with van der Waals surface area (Å²) in [5, 5.41) is 1.42. The highest BCUT2D eigenvalue weighted by atomic mass is 35.5. The number of primary amides is 1. The third kappa shape index (κ3) is 7.03. The van der Waals surface area contributed by atoms with E-state index < -0.39 is 11.7 Å². The second-order valence-electron chi connectivity index (χ2n) is 9.81. The summed E-state index contributed by atoms with van der Waals surface area (Å²) in [5.41, 5.74) is 8.45. The lowest BCUT2D eigenvalue weighted by atomic mass is 9.91. The van der Waals surface area contributed by atoms with Gasteiger partial charge in [-0.3, -0.25) is 9.69 Å². The van der Waals surface area contributed by atoms with Crippen LogP contribution in [0, 0.1) is 11.7 Å². The third-order valence-electron chi connectivity index (χ3n) is 7.20. The molecule has 202 valence electrons. The summed E-state index contributed by atoms with van der Waals surface area (Å²) >= 11 is 16.2. The summed E-state index contributed by atoms with van der Waals surface area (Å²) in [5.74, 6) is -0.161. The first-order valence-electron chi connectivity index (χ1n) is 12.8. The highest BCUT2D eigenvalue weighted by Gasteiger charge is 2.31. The highest BCUT2D eigenvalue weighted by molar-refractivity contribution is 7.79. The summed E-state index contributed by atoms with van der Waals surface area (Å²) in [6, 6.07) is 19.0. The van der Waals surface area contributed by atoms with Gasteiger partial charge in [-0.05, 0) is 104 Å². The number of nitrogens with two attached hydrogens (primary N) is 1. The Labute approximate surface area is 239 Å². The molecule has 4 nitrogen and oxygen atoms in total. The Morgan fingerprint density at radius 3 is 2.08 bits per heavy atom. The first-order chi connectivity index (χ1) is 18.4. The van der Waals surface area contributed by atoms with Crippen LogP contribution in [0.1, 0.15) is 64.7 Å². The van der Waals surface area contributed by atoms with Gasteiger partial charge in [-0.15, -0.1) is 0 Å². The summed E-state index contributed by atoms with van der Waals surface area (Å²) in [6.07, 6.45) is 5.65. The van der Waals surface area contributed by atoms with Crippen LogP contribution in [-0.2, 0) is 0 Å². The van der Waals surface area contributed by atoms with Crippen molar-refractivity contribution in [3.63, 3.8) is 0 Å². The van der Waals surface area contributed by atoms with Crippen LogP contribution >= 0.6 is 35.8 Å². The highest BCUT2D eigenvalue weighted by Crippen LogP contribution is 2.45. The molecule has 0 radical (unpaired) electrons. The maximum Gasteiger partial charge on any atom is 0.251 e. The second-order valence-corrected chi connectivity index (χ2v) is 10.7. The number of likely N-dealkylation sites (tertiary alicyclic amines) is 1. The van der Waals surface area contributed by atoms with Crippen molar-refractivity contribution >= 4 is 41.7 Å². The largest absolute Gasteiger partial charge is 0.493 e. The molecule has 38 heavy (non-hydrogen) atoms. The van der Waals surface area contributed by atoms with E-state index in [1.807, 2.05) is 36.4 Å². The van der Waals surface area contributed by atoms with Crippen molar-refractivity contribution in [2.45, 2.75) is 37.6 Å². The lowest BCUT2D eigenvalue weighted by molar-refractivity contribution is 0.0996. The molecule has 0 spiro atoms. The maximum atomic E-state index is 14.4. The van der Waals surface area contributed by atoms with Crippen LogP contribution in [0.3, 0.4) is 0 Å². The van der Waals surface area contributed by atoms with Gasteiger partial charge in [0.1, 0.15) is 11.6 Å². The standard InChI is InChI=1S/C29H29Cl2FN2O2.CH4S/c30-22-5-1-3-20(13-22)28(21-4-2-6-23(31)14-21)34-11-9-18(10-12-34)17-36-27-16-26(32)25(29(33)35)15-24(27)19-7-8-19;1-2/h1-6,13-16,18-19,28H,7-12,17H2,(H2,33,35);2H,1H3. The minimum Gasteiger partial charge on any atom is -0.493 e. The third-order valence-corrected chi connectivity index (χ3v) is 7.67. The van der Waals surface area contributed by atoms with Crippen molar-refractivity contribution < 1.29 is 13.9 Å². The second kappa shape index (κ2) is 13.2. The zero-order valence-electron chi connectivity index (χ0n) is 21.4. The lowest BCUT2D eigenvalue weighted by Crippen LogP contribution is -2.38. The van der Waals surface area contributed by atoms with Crippen molar-refractivity contribution in [1.82, 2.24) is 4.90 Å². The normalized spacial score (nSPS) is 16.2. The Bertz CT molecular complexity index is 1220. The van der Waals surface area contributed by atoms with Crippen molar-refractivity contribution in [2.75, 3.05) is 26.0 Å². The average molecular weight is 576 g/mol. The van der Waals surface area contributed by atoms with Crippen molar-refractivity contribution in [2.24, 2.45) is 11.7 Å². The number of hydrogen-bond donors (Lipinski definition) is 2. The SMILES string of the molecule is CS.NC(=O)c1cc(C2CC2)c(OCC2CCN(C(c3cccc(Cl)c3)c3cccc(Cl)c3)CC2)cc1F. The minimum atomic E-state index is -0.748. The number of ether oxygens (including phenoxy) is 1. The molecule has 2 N–H and O–H groups in total. The van der Waals surface area contributed by atoms with Gasteiger partial charge in [0.15, 0.2) is 0 Å². The smallest absolute Gasteiger partial charge is 0.251 e. The fourth-order valence-corrected chi connectivity index (χ4v) is 5.55. The zero-order chi connectivity index (χ0) is 27.2. The molecule has 1 saturated carbocycles. The summed E-state index contributed by atoms with van der Waals surface area (Å²) in [7, 11) is 0. The fraction of sp³-hybridized carbons (Fsp3) is 0.367. The van der Waals surface area contributed by atoms with Crippen LogP contribution in [0.25, 0.3) is 0 Å². The number of nitrogens with zero attached hydrogens (tertiary/aromatic N) is 1. The molecular weight excluding hydrogens is 542 g/mol. The number of carbonyl (C=O) groups excluding carboxylic acids is 1. The summed E-state index contributed by atoms with van der Waals surface area (Å²) < 4.78 is 20.6. The van der Waals surface area contributed by atoms with Gasteiger partial charge < -0.3 is 10.5 Å². The van der Waals surface area contributed by atoms with E-state index in [2.05, 4.69) is 29.7 Å². The summed E-state index contributed by atoms with van der Waals surface area (Å²) in [6.45, 7) is 2.30. The Kier molecular flexibility index (Phi) is 9.99. The molecule has 8 heteroatoms. The molecule has 0 bridgehead atoms. The Balaban J connectivity index is 0.00000164. The van der Waals surface area contributed by atoms with Crippen LogP contribution in [0.15, 0.2) is 60.7 Å². The number of amides is 1. The molecule has 1 aliphatic carbocycles. The molecule has 3 aromatic carbocycles. The van der Waals surface area contributed by atoms with Gasteiger partial charge in [-0.1, -0.05) is 47.5 Å². The molecule has 1 heterocycles. The van der Waals surface area contributed by atoms with Gasteiger partial charge in [0.25, 0.3) is 5.91 Å². The van der Waals surface area contributed by atoms with Gasteiger partial charge >= 0.3 is 0 Å². The number of rotatable bonds is 8. The number of benzene rings is 3. The van der Waals surface area contributed by atoms with Gasteiger partial charge in [0.2, 0.25) is 0 Å². The maximum absolute atomic E-state index is 14.4. The van der Waals surface area contributed by atoms with E-state index in [1.54, 1.807) is 12.3 Å². The molecule has 1 saturated heterocycles. The van der Waals surface area contributed by atoms with Crippen LogP contribution in [-0.4, -0.2) is 36.8 Å². The van der Waals surface area contributed by atoms with E-state index in [9.17, 15) is 9.18 Å². The minimum absolute atomic E-state index is 0.0566. The molecule has 1 amide bonds. The van der Waals surface area contributed by atoms with Gasteiger partial charge in [-0.25, -0.2) is 4.39 Å². The first-order valence-corrected chi connectivity index (χ1v) is 14.5. The quantitative estimate of drug-likeness (QED) is 0.273. The number of piperidine rings is 1. The van der Waals surface area contributed by atoms with E-state index in [1.165, 1.54) is 6.07 Å².